The summed E-state index contributed by atoms with van der Waals surface area (Å²) in [5, 5.41) is 0. The topological polar surface area (TPSA) is 105 Å². The van der Waals surface area contributed by atoms with Crippen LogP contribution in [0.2, 0.25) is 0 Å². The van der Waals surface area contributed by atoms with Gasteiger partial charge in [-0.05, 0) is 36.8 Å². The Morgan fingerprint density at radius 2 is 2.03 bits per heavy atom. The highest BCUT2D eigenvalue weighted by Crippen LogP contribution is 2.23. The maximum Gasteiger partial charge on any atom is 0.331 e. The molecule has 2 heterocycles. The smallest absolute Gasteiger partial charge is 0.331 e. The molecule has 8 nitrogen and oxygen atoms in total. The molecule has 0 aromatic heterocycles. The van der Waals surface area contributed by atoms with E-state index < -0.39 is 22.0 Å². The number of piperidine rings is 1. The number of hydrogen-bond acceptors (Lipinski definition) is 6. The van der Waals surface area contributed by atoms with Crippen LogP contribution in [0.1, 0.15) is 39.2 Å². The molecule has 2 atom stereocenters. The number of likely N-dealkylation sites (tertiary alicyclic amines) is 1. The minimum atomic E-state index is -3.69. The van der Waals surface area contributed by atoms with Gasteiger partial charge in [-0.15, -0.1) is 0 Å². The van der Waals surface area contributed by atoms with Crippen LogP contribution >= 0.6 is 0 Å². The summed E-state index contributed by atoms with van der Waals surface area (Å²) in [5.41, 5.74) is 0.421. The standard InChI is InChI=1S/C20H27N3O5S/c1-13(2)18(20(25)28-12-17(24)23-10-6-7-14(3)11-23)21-19-15-8-4-5-9-16(15)29(26,27)22-19/h4-5,8-9,13-14,18H,6-7,10-12H2,1-3H3,(H,21,22)/t14-,18+/m1/s1. The molecule has 29 heavy (non-hydrogen) atoms. The van der Waals surface area contributed by atoms with E-state index in [2.05, 4.69) is 16.6 Å². The summed E-state index contributed by atoms with van der Waals surface area (Å²) in [4.78, 5) is 31.2. The van der Waals surface area contributed by atoms with E-state index in [9.17, 15) is 18.0 Å². The highest BCUT2D eigenvalue weighted by molar-refractivity contribution is 7.90. The van der Waals surface area contributed by atoms with Crippen molar-refractivity contribution in [2.45, 2.75) is 44.6 Å². The number of benzene rings is 1. The number of nitrogens with one attached hydrogen (secondary N) is 1. The maximum absolute atomic E-state index is 12.6. The minimum Gasteiger partial charge on any atom is -0.454 e. The monoisotopic (exact) mass is 421 g/mol. The average molecular weight is 422 g/mol. The van der Waals surface area contributed by atoms with Crippen molar-refractivity contribution < 1.29 is 22.7 Å². The number of esters is 1. The van der Waals surface area contributed by atoms with Gasteiger partial charge in [0, 0.05) is 18.7 Å². The number of hydrogen-bond donors (Lipinski definition) is 1. The molecular formula is C20H27N3O5S. The number of carbonyl (C=O) groups excluding carboxylic acids is 2. The number of amides is 1. The highest BCUT2D eigenvalue weighted by atomic mass is 32.2. The molecule has 2 aliphatic heterocycles. The maximum atomic E-state index is 12.6. The molecular weight excluding hydrogens is 394 g/mol. The van der Waals surface area contributed by atoms with Gasteiger partial charge in [0.2, 0.25) is 0 Å². The SMILES string of the molecule is CC(C)[C@H](N=C1NS(=O)(=O)c2ccccc21)C(=O)OCC(=O)N1CCC[C@@H](C)C1. The molecule has 0 radical (unpaired) electrons. The van der Waals surface area contributed by atoms with E-state index in [4.69, 9.17) is 4.74 Å². The molecule has 1 saturated heterocycles. The lowest BCUT2D eigenvalue weighted by molar-refractivity contribution is -0.154. The van der Waals surface area contributed by atoms with Gasteiger partial charge in [0.05, 0.1) is 4.90 Å². The van der Waals surface area contributed by atoms with Crippen LogP contribution in [0.5, 0.6) is 0 Å². The predicted molar refractivity (Wildman–Crippen MR) is 108 cm³/mol. The molecule has 1 fully saturated rings. The predicted octanol–water partition coefficient (Wildman–Crippen LogP) is 1.55. The number of fused-ring (bicyclic) bond motifs is 1. The third kappa shape index (κ3) is 4.77. The first-order valence-corrected chi connectivity index (χ1v) is 11.3. The van der Waals surface area contributed by atoms with Crippen molar-refractivity contribution in [3.63, 3.8) is 0 Å². The van der Waals surface area contributed by atoms with Crippen LogP contribution in [0.4, 0.5) is 0 Å². The number of nitrogens with zero attached hydrogens (tertiary/aromatic N) is 2. The summed E-state index contributed by atoms with van der Waals surface area (Å²) in [6.45, 7) is 6.69. The van der Waals surface area contributed by atoms with Crippen molar-refractivity contribution in [1.29, 1.82) is 0 Å². The van der Waals surface area contributed by atoms with Crippen LogP contribution in [0, 0.1) is 11.8 Å². The summed E-state index contributed by atoms with van der Waals surface area (Å²) < 4.78 is 32.1. The minimum absolute atomic E-state index is 0.118. The fourth-order valence-corrected chi connectivity index (χ4v) is 4.81. The van der Waals surface area contributed by atoms with Crippen molar-refractivity contribution in [3.05, 3.63) is 29.8 Å². The number of sulfonamides is 1. The molecule has 2 aliphatic rings. The summed E-state index contributed by atoms with van der Waals surface area (Å²) >= 11 is 0. The molecule has 1 N–H and O–H groups in total. The normalized spacial score (nSPS) is 22.8. The van der Waals surface area contributed by atoms with Gasteiger partial charge < -0.3 is 9.64 Å². The molecule has 0 bridgehead atoms. The molecule has 158 valence electrons. The third-order valence-electron chi connectivity index (χ3n) is 5.15. The lowest BCUT2D eigenvalue weighted by atomic mass is 10.0. The average Bonchev–Trinajstić information content (AvgIpc) is 2.94. The lowest BCUT2D eigenvalue weighted by Crippen LogP contribution is -2.42. The largest absolute Gasteiger partial charge is 0.454 e. The zero-order valence-corrected chi connectivity index (χ0v) is 17.7. The van der Waals surface area contributed by atoms with Gasteiger partial charge in [-0.3, -0.25) is 14.5 Å². The number of ether oxygens (including phenoxy) is 1. The summed E-state index contributed by atoms with van der Waals surface area (Å²) in [6.07, 6.45) is 2.04. The van der Waals surface area contributed by atoms with Crippen molar-refractivity contribution in [2.75, 3.05) is 19.7 Å². The second-order valence-corrected chi connectivity index (χ2v) is 9.61. The molecule has 1 aromatic rings. The Bertz CT molecular complexity index is 926. The van der Waals surface area contributed by atoms with Crippen molar-refractivity contribution in [3.8, 4) is 0 Å². The molecule has 0 spiro atoms. The Hall–Kier alpha value is -2.42. The van der Waals surface area contributed by atoms with Crippen molar-refractivity contribution >= 4 is 27.7 Å². The molecule has 0 saturated carbocycles. The number of carbonyl (C=O) groups is 2. The first-order chi connectivity index (χ1) is 13.7. The third-order valence-corrected chi connectivity index (χ3v) is 6.55. The molecule has 0 aliphatic carbocycles. The number of aliphatic imine (C=N–C) groups is 1. The zero-order chi connectivity index (χ0) is 21.2. The van der Waals surface area contributed by atoms with Crippen LogP contribution in [-0.4, -0.2) is 56.8 Å². The van der Waals surface area contributed by atoms with Crippen LogP contribution in [0.3, 0.4) is 0 Å². The van der Waals surface area contributed by atoms with E-state index in [0.29, 0.717) is 24.6 Å². The summed E-state index contributed by atoms with van der Waals surface area (Å²) in [6, 6.07) is 5.53. The molecule has 1 aromatic carbocycles. The number of rotatable bonds is 5. The van der Waals surface area contributed by atoms with Gasteiger partial charge in [0.15, 0.2) is 12.6 Å². The van der Waals surface area contributed by atoms with Crippen molar-refractivity contribution in [1.82, 2.24) is 9.62 Å². The van der Waals surface area contributed by atoms with Gasteiger partial charge >= 0.3 is 5.97 Å². The van der Waals surface area contributed by atoms with E-state index in [0.717, 1.165) is 12.8 Å². The van der Waals surface area contributed by atoms with Crippen LogP contribution < -0.4 is 4.72 Å². The zero-order valence-electron chi connectivity index (χ0n) is 16.9. The fraction of sp³-hybridized carbons (Fsp3) is 0.550. The Balaban J connectivity index is 1.71. The molecule has 1 amide bonds. The lowest BCUT2D eigenvalue weighted by Gasteiger charge is -2.30. The quantitative estimate of drug-likeness (QED) is 0.727. The van der Waals surface area contributed by atoms with E-state index in [1.165, 1.54) is 6.07 Å². The highest BCUT2D eigenvalue weighted by Gasteiger charge is 2.33. The second-order valence-electron chi connectivity index (χ2n) is 7.96. The Morgan fingerprint density at radius 3 is 2.72 bits per heavy atom. The van der Waals surface area contributed by atoms with Gasteiger partial charge in [0.1, 0.15) is 5.84 Å². The second kappa shape index (κ2) is 8.52. The van der Waals surface area contributed by atoms with E-state index >= 15 is 0 Å². The number of amidine groups is 1. The summed E-state index contributed by atoms with van der Waals surface area (Å²) in [5.74, 6) is -0.542. The van der Waals surface area contributed by atoms with Crippen molar-refractivity contribution in [2.24, 2.45) is 16.8 Å². The summed E-state index contributed by atoms with van der Waals surface area (Å²) in [7, 11) is -3.69. The van der Waals surface area contributed by atoms with Crippen LogP contribution in [-0.2, 0) is 24.3 Å². The molecule has 9 heteroatoms. The Labute approximate surface area is 171 Å². The Morgan fingerprint density at radius 1 is 1.31 bits per heavy atom. The van der Waals surface area contributed by atoms with Gasteiger partial charge in [-0.1, -0.05) is 32.9 Å². The molecule has 0 unspecified atom stereocenters. The van der Waals surface area contributed by atoms with Gasteiger partial charge in [-0.2, -0.15) is 0 Å². The molecule has 3 rings (SSSR count). The van der Waals surface area contributed by atoms with E-state index in [1.54, 1.807) is 36.9 Å². The van der Waals surface area contributed by atoms with E-state index in [-0.39, 0.29) is 29.2 Å². The van der Waals surface area contributed by atoms with E-state index in [1.807, 2.05) is 0 Å². The first kappa shape index (κ1) is 21.3. The van der Waals surface area contributed by atoms with Crippen LogP contribution in [0.15, 0.2) is 34.2 Å². The Kier molecular flexibility index (Phi) is 6.26. The van der Waals surface area contributed by atoms with Gasteiger partial charge in [0.25, 0.3) is 15.9 Å². The fourth-order valence-electron chi connectivity index (χ4n) is 3.57. The van der Waals surface area contributed by atoms with Gasteiger partial charge in [-0.25, -0.2) is 13.2 Å². The first-order valence-electron chi connectivity index (χ1n) is 9.83. The van der Waals surface area contributed by atoms with Crippen LogP contribution in [0.25, 0.3) is 0 Å².